The van der Waals surface area contributed by atoms with E-state index in [4.69, 9.17) is 12.2 Å². The van der Waals surface area contributed by atoms with Crippen molar-refractivity contribution in [1.29, 1.82) is 0 Å². The summed E-state index contributed by atoms with van der Waals surface area (Å²) in [6.07, 6.45) is 5.61. The molecular weight excluding hydrogens is 330 g/mol. The second kappa shape index (κ2) is 6.84. The Bertz CT molecular complexity index is 752. The molecule has 1 saturated heterocycles. The van der Waals surface area contributed by atoms with Gasteiger partial charge in [-0.05, 0) is 43.4 Å². The van der Waals surface area contributed by atoms with Gasteiger partial charge in [0.15, 0.2) is 4.77 Å². The summed E-state index contributed by atoms with van der Waals surface area (Å²) < 4.78 is 2.50. The van der Waals surface area contributed by atoms with E-state index in [0.717, 1.165) is 30.2 Å². The second-order valence-corrected chi connectivity index (χ2v) is 6.84. The second-order valence-electron chi connectivity index (χ2n) is 5.63. The maximum Gasteiger partial charge on any atom is 0.255 e. The van der Waals surface area contributed by atoms with Crippen LogP contribution < -0.4 is 0 Å². The number of likely N-dealkylation sites (tertiary alicyclic amines) is 1. The molecule has 122 valence electrons. The largest absolute Gasteiger partial charge is 0.338 e. The number of H-pyrrole nitrogens is 1. The number of hydrogen-bond acceptors (Lipinski definition) is 5. The molecule has 0 saturated carbocycles. The number of hydrogen-bond donors (Lipinski definition) is 1. The van der Waals surface area contributed by atoms with Gasteiger partial charge in [-0.2, -0.15) is 5.10 Å². The lowest BCUT2D eigenvalue weighted by atomic mass is 9.96. The first-order valence-electron chi connectivity index (χ1n) is 7.50. The number of nitrogens with one attached hydrogen (secondary N) is 1. The molecule has 0 aromatic carbocycles. The highest BCUT2D eigenvalue weighted by Crippen LogP contribution is 2.26. The molecule has 3 heterocycles. The minimum atomic E-state index is 0.0339. The number of piperidine rings is 1. The zero-order valence-electron chi connectivity index (χ0n) is 13.2. The third kappa shape index (κ3) is 3.32. The molecule has 0 spiro atoms. The number of carbonyl (C=O) groups excluding carboxylic acids is 1. The Balaban J connectivity index is 1.76. The van der Waals surface area contributed by atoms with Gasteiger partial charge in [0.2, 0.25) is 0 Å². The molecule has 1 aliphatic rings. The number of thioether (sulfide) groups is 1. The molecule has 0 aliphatic carbocycles. The molecule has 1 amide bonds. The summed E-state index contributed by atoms with van der Waals surface area (Å²) >= 11 is 6.74. The third-order valence-corrected chi connectivity index (χ3v) is 5.21. The first-order chi connectivity index (χ1) is 11.1. The van der Waals surface area contributed by atoms with Crippen molar-refractivity contribution in [3.8, 4) is 0 Å². The van der Waals surface area contributed by atoms with Crippen molar-refractivity contribution in [3.63, 3.8) is 0 Å². The summed E-state index contributed by atoms with van der Waals surface area (Å²) in [6.45, 7) is 1.44. The van der Waals surface area contributed by atoms with Crippen molar-refractivity contribution in [2.24, 2.45) is 7.05 Å². The maximum atomic E-state index is 12.7. The van der Waals surface area contributed by atoms with Gasteiger partial charge in [0, 0.05) is 32.3 Å². The Labute approximate surface area is 144 Å². The number of nitrogens with zero attached hydrogens (tertiary/aromatic N) is 4. The van der Waals surface area contributed by atoms with Crippen LogP contribution in [0.2, 0.25) is 0 Å². The molecule has 1 fully saturated rings. The predicted molar refractivity (Wildman–Crippen MR) is 92.3 cm³/mol. The first kappa shape index (κ1) is 16.2. The van der Waals surface area contributed by atoms with Crippen molar-refractivity contribution < 1.29 is 4.79 Å². The summed E-state index contributed by atoms with van der Waals surface area (Å²) in [5.41, 5.74) is 0.638. The molecule has 1 unspecified atom stereocenters. The number of aromatic amines is 1. The van der Waals surface area contributed by atoms with Crippen LogP contribution in [0.25, 0.3) is 0 Å². The highest BCUT2D eigenvalue weighted by molar-refractivity contribution is 7.98. The van der Waals surface area contributed by atoms with E-state index in [0.29, 0.717) is 16.9 Å². The summed E-state index contributed by atoms with van der Waals surface area (Å²) in [5.74, 6) is 1.17. The van der Waals surface area contributed by atoms with Crippen LogP contribution in [0.15, 0.2) is 23.4 Å². The van der Waals surface area contributed by atoms with Gasteiger partial charge < -0.3 is 9.47 Å². The fraction of sp³-hybridized carbons (Fsp3) is 0.467. The van der Waals surface area contributed by atoms with Crippen LogP contribution in [0.1, 0.15) is 34.9 Å². The molecule has 8 heteroatoms. The molecule has 2 aromatic heterocycles. The first-order valence-corrected chi connectivity index (χ1v) is 9.14. The standard InChI is InChI=1S/C15H19N5OS2/c1-19-13(17-18-15(19)22)11-4-3-7-20(9-11)14(21)10-5-6-12(23-2)16-8-10/h5-6,8,11H,3-4,7,9H2,1-2H3,(H,18,22). The predicted octanol–water partition coefficient (Wildman–Crippen LogP) is 2.61. The number of aromatic nitrogens is 4. The van der Waals surface area contributed by atoms with Crippen LogP contribution in [-0.2, 0) is 7.05 Å². The Morgan fingerprint density at radius 1 is 1.48 bits per heavy atom. The van der Waals surface area contributed by atoms with Crippen molar-refractivity contribution >= 4 is 29.9 Å². The molecule has 1 aliphatic heterocycles. The topological polar surface area (TPSA) is 66.8 Å². The van der Waals surface area contributed by atoms with Crippen molar-refractivity contribution in [1.82, 2.24) is 24.6 Å². The molecule has 6 nitrogen and oxygen atoms in total. The number of pyridine rings is 1. The molecule has 3 rings (SSSR count). The Morgan fingerprint density at radius 2 is 2.30 bits per heavy atom. The molecule has 1 atom stereocenters. The Morgan fingerprint density at radius 3 is 2.91 bits per heavy atom. The van der Waals surface area contributed by atoms with E-state index in [1.807, 2.05) is 34.9 Å². The monoisotopic (exact) mass is 349 g/mol. The minimum absolute atomic E-state index is 0.0339. The minimum Gasteiger partial charge on any atom is -0.338 e. The van der Waals surface area contributed by atoms with E-state index in [1.54, 1.807) is 18.0 Å². The van der Waals surface area contributed by atoms with E-state index in [-0.39, 0.29) is 11.8 Å². The summed E-state index contributed by atoms with van der Waals surface area (Å²) in [6, 6.07) is 3.73. The van der Waals surface area contributed by atoms with Gasteiger partial charge in [-0.15, -0.1) is 11.8 Å². The van der Waals surface area contributed by atoms with Gasteiger partial charge in [-0.3, -0.25) is 9.89 Å². The highest BCUT2D eigenvalue weighted by atomic mass is 32.2. The normalized spacial score (nSPS) is 18.2. The van der Waals surface area contributed by atoms with E-state index < -0.39 is 0 Å². The Kier molecular flexibility index (Phi) is 4.82. The van der Waals surface area contributed by atoms with Crippen LogP contribution in [0.4, 0.5) is 0 Å². The van der Waals surface area contributed by atoms with Crippen LogP contribution >= 0.6 is 24.0 Å². The van der Waals surface area contributed by atoms with Gasteiger partial charge in [-0.1, -0.05) is 0 Å². The zero-order chi connectivity index (χ0) is 16.4. The maximum absolute atomic E-state index is 12.7. The third-order valence-electron chi connectivity index (χ3n) is 4.18. The number of amides is 1. The Hall–Kier alpha value is -1.67. The lowest BCUT2D eigenvalue weighted by molar-refractivity contribution is 0.0703. The molecule has 0 radical (unpaired) electrons. The van der Waals surface area contributed by atoms with Crippen LogP contribution in [0.5, 0.6) is 0 Å². The van der Waals surface area contributed by atoms with Gasteiger partial charge in [0.1, 0.15) is 5.82 Å². The van der Waals surface area contributed by atoms with Gasteiger partial charge in [-0.25, -0.2) is 4.98 Å². The van der Waals surface area contributed by atoms with Crippen molar-refractivity contribution in [2.45, 2.75) is 23.8 Å². The fourth-order valence-electron chi connectivity index (χ4n) is 2.91. The lowest BCUT2D eigenvalue weighted by Crippen LogP contribution is -2.39. The molecule has 1 N–H and O–H groups in total. The van der Waals surface area contributed by atoms with E-state index in [2.05, 4.69) is 15.2 Å². The molecule has 0 bridgehead atoms. The SMILES string of the molecule is CSc1ccc(C(=O)N2CCCC(c3n[nH]c(=S)n3C)C2)cn1. The summed E-state index contributed by atoms with van der Waals surface area (Å²) in [5, 5.41) is 8.06. The average molecular weight is 349 g/mol. The molecular formula is C15H19N5OS2. The summed E-state index contributed by atoms with van der Waals surface area (Å²) in [4.78, 5) is 18.9. The van der Waals surface area contributed by atoms with Crippen molar-refractivity contribution in [2.75, 3.05) is 19.3 Å². The lowest BCUT2D eigenvalue weighted by Gasteiger charge is -2.32. The number of rotatable bonds is 3. The van der Waals surface area contributed by atoms with Gasteiger partial charge in [0.05, 0.1) is 10.6 Å². The highest BCUT2D eigenvalue weighted by Gasteiger charge is 2.28. The quantitative estimate of drug-likeness (QED) is 0.681. The zero-order valence-corrected chi connectivity index (χ0v) is 14.8. The van der Waals surface area contributed by atoms with Gasteiger partial charge >= 0.3 is 0 Å². The van der Waals surface area contributed by atoms with E-state index >= 15 is 0 Å². The fourth-order valence-corrected chi connectivity index (χ4v) is 3.41. The van der Waals surface area contributed by atoms with Crippen LogP contribution in [0, 0.1) is 4.77 Å². The molecule has 23 heavy (non-hydrogen) atoms. The van der Waals surface area contributed by atoms with Crippen LogP contribution in [-0.4, -0.2) is 49.9 Å². The van der Waals surface area contributed by atoms with Crippen LogP contribution in [0.3, 0.4) is 0 Å². The smallest absolute Gasteiger partial charge is 0.255 e. The molecule has 2 aromatic rings. The van der Waals surface area contributed by atoms with Crippen molar-refractivity contribution in [3.05, 3.63) is 34.5 Å². The average Bonchev–Trinajstić information content (AvgIpc) is 2.93. The van der Waals surface area contributed by atoms with Gasteiger partial charge in [0.25, 0.3) is 5.91 Å². The van der Waals surface area contributed by atoms with E-state index in [1.165, 1.54) is 0 Å². The van der Waals surface area contributed by atoms with E-state index in [9.17, 15) is 4.79 Å². The number of carbonyl (C=O) groups is 1. The summed E-state index contributed by atoms with van der Waals surface area (Å²) in [7, 11) is 1.91.